The molecule has 19 heavy (non-hydrogen) atoms. The van der Waals surface area contributed by atoms with Crippen LogP contribution >= 0.6 is 11.8 Å². The molecule has 0 bridgehead atoms. The fraction of sp³-hybridized carbons (Fsp3) is 0.500. The van der Waals surface area contributed by atoms with E-state index in [2.05, 4.69) is 5.32 Å². The molecular formula is C12H15F4NOS. The molecule has 0 saturated heterocycles. The second kappa shape index (κ2) is 7.59. The molecule has 0 aromatic heterocycles. The molecule has 0 atom stereocenters. The van der Waals surface area contributed by atoms with Crippen LogP contribution in [0.1, 0.15) is 12.5 Å². The summed E-state index contributed by atoms with van der Waals surface area (Å²) in [6, 6.07) is 3.97. The van der Waals surface area contributed by atoms with E-state index >= 15 is 0 Å². The Labute approximate surface area is 113 Å². The lowest BCUT2D eigenvalue weighted by Crippen LogP contribution is -2.14. The predicted molar refractivity (Wildman–Crippen MR) is 67.8 cm³/mol. The Morgan fingerprint density at radius 3 is 2.68 bits per heavy atom. The first-order chi connectivity index (χ1) is 8.92. The number of ether oxygens (including phenoxy) is 1. The van der Waals surface area contributed by atoms with Gasteiger partial charge >= 0.3 is 5.51 Å². The highest BCUT2D eigenvalue weighted by Gasteiger charge is 2.27. The van der Waals surface area contributed by atoms with Crippen molar-refractivity contribution < 1.29 is 22.3 Å². The van der Waals surface area contributed by atoms with Crippen molar-refractivity contribution in [3.8, 4) is 5.75 Å². The summed E-state index contributed by atoms with van der Waals surface area (Å²) >= 11 is -0.135. The fourth-order valence-corrected chi connectivity index (χ4v) is 1.79. The van der Waals surface area contributed by atoms with Gasteiger partial charge < -0.3 is 10.1 Å². The lowest BCUT2D eigenvalue weighted by Gasteiger charge is -2.12. The third kappa shape index (κ3) is 6.68. The molecule has 0 amide bonds. The summed E-state index contributed by atoms with van der Waals surface area (Å²) in [5, 5.41) is 3.01. The first-order valence-electron chi connectivity index (χ1n) is 5.75. The lowest BCUT2D eigenvalue weighted by molar-refractivity contribution is -0.0329. The summed E-state index contributed by atoms with van der Waals surface area (Å²) in [4.78, 5) is 0. The van der Waals surface area contributed by atoms with Gasteiger partial charge in [0.15, 0.2) is 0 Å². The summed E-state index contributed by atoms with van der Waals surface area (Å²) in [6.45, 7) is 2.95. The summed E-state index contributed by atoms with van der Waals surface area (Å²) in [5.41, 5.74) is -3.66. The van der Waals surface area contributed by atoms with Crippen molar-refractivity contribution in [2.45, 2.75) is 19.0 Å². The van der Waals surface area contributed by atoms with E-state index in [1.54, 1.807) is 0 Å². The quantitative estimate of drug-likeness (QED) is 0.614. The summed E-state index contributed by atoms with van der Waals surface area (Å²) in [5.74, 6) is -0.184. The molecule has 0 aliphatic rings. The average Bonchev–Trinajstić information content (AvgIpc) is 2.32. The molecule has 7 heteroatoms. The van der Waals surface area contributed by atoms with Crippen molar-refractivity contribution in [1.82, 2.24) is 5.32 Å². The van der Waals surface area contributed by atoms with Gasteiger partial charge in [0.25, 0.3) is 0 Å². The van der Waals surface area contributed by atoms with Crippen LogP contribution in [0.15, 0.2) is 18.2 Å². The van der Waals surface area contributed by atoms with Crippen LogP contribution < -0.4 is 10.1 Å². The molecular weight excluding hydrogens is 282 g/mol. The Kier molecular flexibility index (Phi) is 6.44. The molecule has 1 rings (SSSR count). The number of alkyl halides is 3. The molecule has 0 heterocycles. The molecule has 0 radical (unpaired) electrons. The van der Waals surface area contributed by atoms with Gasteiger partial charge in [0.1, 0.15) is 11.6 Å². The van der Waals surface area contributed by atoms with Gasteiger partial charge in [-0.05, 0) is 36.5 Å². The zero-order chi connectivity index (χ0) is 14.3. The maximum atomic E-state index is 13.1. The van der Waals surface area contributed by atoms with Gasteiger partial charge in [0.2, 0.25) is 0 Å². The van der Waals surface area contributed by atoms with Gasteiger partial charge in [-0.3, -0.25) is 0 Å². The third-order valence-corrected chi connectivity index (χ3v) is 2.89. The van der Waals surface area contributed by atoms with Crippen LogP contribution in [0.25, 0.3) is 0 Å². The topological polar surface area (TPSA) is 21.3 Å². The second-order valence-corrected chi connectivity index (χ2v) is 4.83. The lowest BCUT2D eigenvalue weighted by atomic mass is 10.2. The van der Waals surface area contributed by atoms with Crippen LogP contribution in [0.5, 0.6) is 5.75 Å². The zero-order valence-corrected chi connectivity index (χ0v) is 11.2. The van der Waals surface area contributed by atoms with Crippen LogP contribution in [0, 0.1) is 5.82 Å². The Bertz CT molecular complexity index is 398. The van der Waals surface area contributed by atoms with Crippen molar-refractivity contribution in [2.75, 3.05) is 18.9 Å². The van der Waals surface area contributed by atoms with Gasteiger partial charge in [-0.15, -0.1) is 0 Å². The van der Waals surface area contributed by atoms with Crippen molar-refractivity contribution in [3.05, 3.63) is 29.6 Å². The van der Waals surface area contributed by atoms with Gasteiger partial charge in [-0.2, -0.15) is 13.2 Å². The van der Waals surface area contributed by atoms with Crippen LogP contribution in [0.2, 0.25) is 0 Å². The van der Waals surface area contributed by atoms with E-state index < -0.39 is 11.3 Å². The number of thioether (sulfide) groups is 1. The highest BCUT2D eigenvalue weighted by Crippen LogP contribution is 2.30. The van der Waals surface area contributed by atoms with E-state index in [-0.39, 0.29) is 24.1 Å². The smallest absolute Gasteiger partial charge is 0.441 e. The van der Waals surface area contributed by atoms with Gasteiger partial charge in [0.05, 0.1) is 6.61 Å². The van der Waals surface area contributed by atoms with Crippen LogP contribution in [0.3, 0.4) is 0 Å². The van der Waals surface area contributed by atoms with Gasteiger partial charge in [-0.1, -0.05) is 6.92 Å². The zero-order valence-electron chi connectivity index (χ0n) is 10.4. The number of halogens is 4. The molecule has 1 N–H and O–H groups in total. The largest absolute Gasteiger partial charge is 0.492 e. The van der Waals surface area contributed by atoms with E-state index in [0.717, 1.165) is 0 Å². The minimum absolute atomic E-state index is 0.0745. The third-order valence-electron chi connectivity index (χ3n) is 2.19. The highest BCUT2D eigenvalue weighted by atomic mass is 32.2. The summed E-state index contributed by atoms with van der Waals surface area (Å²) in [7, 11) is 0. The van der Waals surface area contributed by atoms with Crippen LogP contribution in [0.4, 0.5) is 17.6 Å². The number of rotatable bonds is 7. The first-order valence-corrected chi connectivity index (χ1v) is 6.73. The van der Waals surface area contributed by atoms with Crippen molar-refractivity contribution >= 4 is 11.8 Å². The second-order valence-electron chi connectivity index (χ2n) is 3.68. The van der Waals surface area contributed by atoms with Crippen molar-refractivity contribution in [3.63, 3.8) is 0 Å². The number of hydrogen-bond donors (Lipinski definition) is 1. The van der Waals surface area contributed by atoms with E-state index in [0.29, 0.717) is 24.4 Å². The number of hydrogen-bond acceptors (Lipinski definition) is 3. The van der Waals surface area contributed by atoms with Crippen molar-refractivity contribution in [1.29, 1.82) is 0 Å². The molecule has 108 valence electrons. The first kappa shape index (κ1) is 16.1. The molecule has 2 nitrogen and oxygen atoms in total. The molecule has 0 fully saturated rings. The molecule has 0 spiro atoms. The number of benzene rings is 1. The van der Waals surface area contributed by atoms with E-state index in [4.69, 9.17) is 4.74 Å². The van der Waals surface area contributed by atoms with Crippen molar-refractivity contribution in [2.24, 2.45) is 0 Å². The molecule has 0 aliphatic heterocycles. The Morgan fingerprint density at radius 1 is 1.32 bits per heavy atom. The van der Waals surface area contributed by atoms with Crippen LogP contribution in [-0.4, -0.2) is 24.4 Å². The maximum absolute atomic E-state index is 13.1. The molecule has 0 saturated carbocycles. The number of nitrogens with one attached hydrogen (secondary N) is 1. The molecule has 0 unspecified atom stereocenters. The summed E-state index contributed by atoms with van der Waals surface area (Å²) < 4.78 is 54.1. The monoisotopic (exact) mass is 297 g/mol. The van der Waals surface area contributed by atoms with E-state index in [1.807, 2.05) is 6.92 Å². The minimum Gasteiger partial charge on any atom is -0.492 e. The summed E-state index contributed by atoms with van der Waals surface area (Å²) in [6.07, 6.45) is 0. The minimum atomic E-state index is -4.25. The Morgan fingerprint density at radius 2 is 2.05 bits per heavy atom. The fourth-order valence-electron chi connectivity index (χ4n) is 1.40. The average molecular weight is 297 g/mol. The Balaban J connectivity index is 2.52. The van der Waals surface area contributed by atoms with Crippen LogP contribution in [-0.2, 0) is 6.54 Å². The maximum Gasteiger partial charge on any atom is 0.441 e. The normalized spacial score (nSPS) is 11.6. The molecule has 1 aromatic rings. The van der Waals surface area contributed by atoms with E-state index in [9.17, 15) is 17.6 Å². The van der Waals surface area contributed by atoms with E-state index in [1.165, 1.54) is 18.2 Å². The predicted octanol–water partition coefficient (Wildman–Crippen LogP) is 3.57. The highest BCUT2D eigenvalue weighted by molar-refractivity contribution is 8.00. The Hall–Kier alpha value is -0.950. The van der Waals surface area contributed by atoms with Gasteiger partial charge in [-0.25, -0.2) is 4.39 Å². The van der Waals surface area contributed by atoms with Gasteiger partial charge in [0, 0.05) is 17.9 Å². The molecule has 0 aliphatic carbocycles. The molecule has 1 aromatic carbocycles. The SMILES string of the molecule is CCNCc1cc(F)ccc1OCCSC(F)(F)F. The standard InChI is InChI=1S/C12H15F4NOS/c1-2-17-8-9-7-10(13)3-4-11(9)18-5-6-19-12(14,15)16/h3-4,7,17H,2,5-6,8H2,1H3.